The average molecular weight is 338 g/mol. The predicted octanol–water partition coefficient (Wildman–Crippen LogP) is 1.91. The highest BCUT2D eigenvalue weighted by molar-refractivity contribution is 7.09. The van der Waals surface area contributed by atoms with Crippen molar-refractivity contribution in [2.75, 3.05) is 31.1 Å². The number of anilines is 1. The summed E-state index contributed by atoms with van der Waals surface area (Å²) < 4.78 is 4.03. The molecule has 1 aromatic rings. The number of rotatable bonds is 3. The Kier molecular flexibility index (Phi) is 5.83. The summed E-state index contributed by atoms with van der Waals surface area (Å²) >= 11 is 1.38. The van der Waals surface area contributed by atoms with Crippen molar-refractivity contribution in [1.82, 2.24) is 14.3 Å². The summed E-state index contributed by atoms with van der Waals surface area (Å²) in [5, 5.41) is 11.5. The molecule has 1 aliphatic carbocycles. The Labute approximate surface area is 141 Å². The summed E-state index contributed by atoms with van der Waals surface area (Å²) in [7, 11) is 0. The van der Waals surface area contributed by atoms with Crippen LogP contribution in [0.25, 0.3) is 0 Å². The van der Waals surface area contributed by atoms with Crippen molar-refractivity contribution < 1.29 is 9.90 Å². The van der Waals surface area contributed by atoms with Gasteiger partial charge in [-0.3, -0.25) is 4.79 Å². The lowest BCUT2D eigenvalue weighted by atomic mass is 9.86. The lowest BCUT2D eigenvalue weighted by Gasteiger charge is -2.36. The number of aliphatic hydroxyl groups is 1. The van der Waals surface area contributed by atoms with Gasteiger partial charge in [-0.15, -0.1) is 0 Å². The number of aliphatic hydroxyl groups excluding tert-OH is 1. The fourth-order valence-corrected chi connectivity index (χ4v) is 4.20. The number of hydrogen-bond donors (Lipinski definition) is 1. The molecule has 6 nitrogen and oxygen atoms in total. The summed E-state index contributed by atoms with van der Waals surface area (Å²) in [5.74, 6) is 0.0662. The van der Waals surface area contributed by atoms with Crippen LogP contribution in [0.4, 0.5) is 5.13 Å². The van der Waals surface area contributed by atoms with E-state index in [-0.39, 0.29) is 11.8 Å². The first-order valence-electron chi connectivity index (χ1n) is 8.74. The van der Waals surface area contributed by atoms with Crippen molar-refractivity contribution in [3.05, 3.63) is 6.33 Å². The fraction of sp³-hybridized carbons (Fsp3) is 0.812. The van der Waals surface area contributed by atoms with Gasteiger partial charge in [0.1, 0.15) is 12.4 Å². The molecule has 2 aliphatic rings. The van der Waals surface area contributed by atoms with Crippen LogP contribution in [0.15, 0.2) is 6.33 Å². The van der Waals surface area contributed by atoms with E-state index in [4.69, 9.17) is 0 Å². The molecule has 1 saturated carbocycles. The van der Waals surface area contributed by atoms with E-state index >= 15 is 0 Å². The van der Waals surface area contributed by atoms with Gasteiger partial charge in [-0.05, 0) is 18.8 Å². The van der Waals surface area contributed by atoms with E-state index < -0.39 is 6.10 Å². The average Bonchev–Trinajstić information content (AvgIpc) is 3.08. The molecule has 3 rings (SSSR count). The molecule has 1 saturated heterocycles. The Morgan fingerprint density at radius 1 is 1.13 bits per heavy atom. The largest absolute Gasteiger partial charge is 0.383 e. The number of nitrogens with zero attached hydrogens (tertiary/aromatic N) is 4. The number of piperazine rings is 1. The van der Waals surface area contributed by atoms with Gasteiger partial charge < -0.3 is 14.9 Å². The third-order valence-corrected chi connectivity index (χ3v) is 5.79. The molecule has 0 radical (unpaired) electrons. The van der Waals surface area contributed by atoms with Crippen molar-refractivity contribution >= 4 is 22.6 Å². The molecule has 1 aromatic heterocycles. The molecule has 2 fully saturated rings. The van der Waals surface area contributed by atoms with Crippen molar-refractivity contribution in [1.29, 1.82) is 0 Å². The van der Waals surface area contributed by atoms with Gasteiger partial charge in [0.15, 0.2) is 0 Å². The second-order valence-corrected chi connectivity index (χ2v) is 7.34. The minimum Gasteiger partial charge on any atom is -0.383 e. The third-order valence-electron chi connectivity index (χ3n) is 5.06. The number of carbonyl (C=O) groups excluding carboxylic acids is 1. The van der Waals surface area contributed by atoms with Gasteiger partial charge in [0.2, 0.25) is 5.13 Å². The quantitative estimate of drug-likeness (QED) is 0.912. The molecule has 23 heavy (non-hydrogen) atoms. The monoisotopic (exact) mass is 338 g/mol. The maximum absolute atomic E-state index is 12.6. The summed E-state index contributed by atoms with van der Waals surface area (Å²) in [4.78, 5) is 20.8. The van der Waals surface area contributed by atoms with Crippen molar-refractivity contribution in [3.63, 3.8) is 0 Å². The van der Waals surface area contributed by atoms with E-state index in [2.05, 4.69) is 14.3 Å². The first-order valence-corrected chi connectivity index (χ1v) is 9.51. The van der Waals surface area contributed by atoms with Crippen molar-refractivity contribution in [2.24, 2.45) is 5.92 Å². The highest BCUT2D eigenvalue weighted by Crippen LogP contribution is 2.26. The van der Waals surface area contributed by atoms with Crippen molar-refractivity contribution in [3.8, 4) is 0 Å². The van der Waals surface area contributed by atoms with Crippen LogP contribution in [0.5, 0.6) is 0 Å². The molecular formula is C16H26N4O2S. The predicted molar refractivity (Wildman–Crippen MR) is 90.5 cm³/mol. The SMILES string of the molecule is O=C(C(O)C1CCCCCCC1)N1CCN(c2ncns2)CC1. The molecule has 128 valence electrons. The minimum absolute atomic E-state index is 0.0764. The molecule has 0 aromatic carbocycles. The highest BCUT2D eigenvalue weighted by atomic mass is 32.1. The zero-order chi connectivity index (χ0) is 16.1. The van der Waals surface area contributed by atoms with Crippen LogP contribution >= 0.6 is 11.5 Å². The number of carbonyl (C=O) groups is 1. The highest BCUT2D eigenvalue weighted by Gasteiger charge is 2.31. The van der Waals surface area contributed by atoms with Crippen molar-refractivity contribution in [2.45, 2.75) is 51.0 Å². The number of amides is 1. The standard InChI is InChI=1S/C16H26N4O2S/c21-14(13-6-4-2-1-3-5-7-13)15(22)19-8-10-20(11-9-19)16-17-12-18-23-16/h12-14,21H,1-11H2. The minimum atomic E-state index is -0.818. The Hall–Kier alpha value is -1.21. The second-order valence-electron chi connectivity index (χ2n) is 6.59. The van der Waals surface area contributed by atoms with Crippen LogP contribution in [-0.4, -0.2) is 57.6 Å². The number of aromatic nitrogens is 2. The van der Waals surface area contributed by atoms with Gasteiger partial charge in [0, 0.05) is 37.7 Å². The van der Waals surface area contributed by atoms with Gasteiger partial charge in [-0.1, -0.05) is 32.1 Å². The van der Waals surface area contributed by atoms with Crippen LogP contribution in [0, 0.1) is 5.92 Å². The van der Waals surface area contributed by atoms with E-state index in [0.29, 0.717) is 13.1 Å². The van der Waals surface area contributed by atoms with E-state index in [0.717, 1.165) is 43.9 Å². The summed E-state index contributed by atoms with van der Waals surface area (Å²) in [6, 6.07) is 0. The molecule has 0 spiro atoms. The summed E-state index contributed by atoms with van der Waals surface area (Å²) in [6.45, 7) is 2.83. The smallest absolute Gasteiger partial charge is 0.251 e. The molecule has 1 aliphatic heterocycles. The lowest BCUT2D eigenvalue weighted by molar-refractivity contribution is -0.143. The number of hydrogen-bond acceptors (Lipinski definition) is 6. The van der Waals surface area contributed by atoms with Gasteiger partial charge in [0.05, 0.1) is 0 Å². The van der Waals surface area contributed by atoms with E-state index in [1.165, 1.54) is 30.8 Å². The van der Waals surface area contributed by atoms with Crippen LogP contribution in [0.1, 0.15) is 44.9 Å². The van der Waals surface area contributed by atoms with Crippen LogP contribution < -0.4 is 4.90 Å². The molecule has 1 unspecified atom stereocenters. The fourth-order valence-electron chi connectivity index (χ4n) is 3.62. The molecule has 7 heteroatoms. The Bertz CT molecular complexity index is 480. The van der Waals surface area contributed by atoms with E-state index in [9.17, 15) is 9.90 Å². The topological polar surface area (TPSA) is 69.6 Å². The maximum Gasteiger partial charge on any atom is 0.251 e. The lowest BCUT2D eigenvalue weighted by Crippen LogP contribution is -2.52. The van der Waals surface area contributed by atoms with E-state index in [1.54, 1.807) is 6.33 Å². The van der Waals surface area contributed by atoms with Gasteiger partial charge in [-0.2, -0.15) is 4.37 Å². The third kappa shape index (κ3) is 4.20. The van der Waals surface area contributed by atoms with Gasteiger partial charge in [-0.25, -0.2) is 4.98 Å². The molecule has 1 amide bonds. The molecular weight excluding hydrogens is 312 g/mol. The normalized spacial score (nSPS) is 22.5. The van der Waals surface area contributed by atoms with Gasteiger partial charge >= 0.3 is 0 Å². The summed E-state index contributed by atoms with van der Waals surface area (Å²) in [6.07, 6.45) is 8.76. The van der Waals surface area contributed by atoms with Gasteiger partial charge in [0.25, 0.3) is 5.91 Å². The van der Waals surface area contributed by atoms with Crippen LogP contribution in [0.3, 0.4) is 0 Å². The maximum atomic E-state index is 12.6. The first kappa shape index (κ1) is 16.6. The Morgan fingerprint density at radius 2 is 1.78 bits per heavy atom. The molecule has 1 atom stereocenters. The Morgan fingerprint density at radius 3 is 2.39 bits per heavy atom. The second kappa shape index (κ2) is 8.06. The molecule has 2 heterocycles. The molecule has 0 bridgehead atoms. The van der Waals surface area contributed by atoms with Crippen LogP contribution in [0.2, 0.25) is 0 Å². The Balaban J connectivity index is 1.51. The first-order chi connectivity index (χ1) is 11.3. The summed E-state index contributed by atoms with van der Waals surface area (Å²) in [5.41, 5.74) is 0. The van der Waals surface area contributed by atoms with Crippen LogP contribution in [-0.2, 0) is 4.79 Å². The zero-order valence-electron chi connectivity index (χ0n) is 13.6. The zero-order valence-corrected chi connectivity index (χ0v) is 14.4. The molecule has 1 N–H and O–H groups in total. The van der Waals surface area contributed by atoms with E-state index in [1.807, 2.05) is 4.90 Å².